The summed E-state index contributed by atoms with van der Waals surface area (Å²) >= 11 is 11.8. The molecule has 1 aromatic carbocycles. The maximum absolute atomic E-state index is 14.5. The van der Waals surface area contributed by atoms with Crippen LogP contribution < -0.4 is 11.1 Å². The highest BCUT2D eigenvalue weighted by atomic mass is 35.5. The maximum Gasteiger partial charge on any atom is 0.275 e. The first-order chi connectivity index (χ1) is 12.8. The number of nitrogens with two attached hydrogens (primary N) is 1. The summed E-state index contributed by atoms with van der Waals surface area (Å²) in [4.78, 5) is 20.8. The number of rotatable bonds is 3. The van der Waals surface area contributed by atoms with Crippen LogP contribution >= 0.6 is 23.2 Å². The number of anilines is 1. The molecule has 3 rings (SSSR count). The van der Waals surface area contributed by atoms with Gasteiger partial charge in [0.2, 0.25) is 0 Å². The molecule has 0 saturated heterocycles. The summed E-state index contributed by atoms with van der Waals surface area (Å²) in [7, 11) is 0. The van der Waals surface area contributed by atoms with E-state index in [0.717, 1.165) is 0 Å². The van der Waals surface area contributed by atoms with E-state index < -0.39 is 17.3 Å². The first kappa shape index (κ1) is 19.5. The summed E-state index contributed by atoms with van der Waals surface area (Å²) in [6.45, 7) is 2.37. The molecule has 1 aliphatic heterocycles. The molecule has 9 heteroatoms. The van der Waals surface area contributed by atoms with Gasteiger partial charge in [-0.05, 0) is 37.6 Å². The maximum atomic E-state index is 14.5. The third-order valence-corrected chi connectivity index (χ3v) is 4.70. The van der Waals surface area contributed by atoms with Crippen molar-refractivity contribution in [1.29, 1.82) is 0 Å². The van der Waals surface area contributed by atoms with Crippen LogP contribution in [0.5, 0.6) is 0 Å². The zero-order valence-corrected chi connectivity index (χ0v) is 15.9. The Morgan fingerprint density at radius 1 is 1.37 bits per heavy atom. The van der Waals surface area contributed by atoms with Crippen molar-refractivity contribution in [1.82, 2.24) is 4.98 Å². The quantitative estimate of drug-likeness (QED) is 0.805. The molecule has 1 aliphatic rings. The van der Waals surface area contributed by atoms with Gasteiger partial charge in [0.25, 0.3) is 5.91 Å². The number of aliphatic imine (C=N–C) groups is 1. The molecule has 142 valence electrons. The van der Waals surface area contributed by atoms with Crippen LogP contribution in [0, 0.1) is 5.82 Å². The summed E-state index contributed by atoms with van der Waals surface area (Å²) in [5.74, 6) is -0.691. The van der Waals surface area contributed by atoms with Crippen LogP contribution in [-0.4, -0.2) is 29.9 Å². The fourth-order valence-corrected chi connectivity index (χ4v) is 3.30. The zero-order chi connectivity index (χ0) is 19.6. The number of hydrogen-bond acceptors (Lipinski definition) is 5. The second-order valence-corrected chi connectivity index (χ2v) is 7.16. The lowest BCUT2D eigenvalue weighted by Crippen LogP contribution is -2.26. The molecule has 2 heterocycles. The van der Waals surface area contributed by atoms with Crippen LogP contribution in [0.2, 0.25) is 10.0 Å². The van der Waals surface area contributed by atoms with Crippen molar-refractivity contribution < 1.29 is 13.9 Å². The van der Waals surface area contributed by atoms with Crippen LogP contribution in [0.3, 0.4) is 0 Å². The molecule has 6 nitrogen and oxygen atoms in total. The minimum Gasteiger partial charge on any atom is -0.386 e. The summed E-state index contributed by atoms with van der Waals surface area (Å²) in [5, 5.41) is 3.10. The molecule has 0 fully saturated rings. The van der Waals surface area contributed by atoms with Crippen molar-refractivity contribution in [2.45, 2.75) is 18.9 Å². The molecule has 0 saturated carbocycles. The van der Waals surface area contributed by atoms with Crippen molar-refractivity contribution in [2.24, 2.45) is 10.7 Å². The number of benzene rings is 1. The van der Waals surface area contributed by atoms with E-state index in [4.69, 9.17) is 33.7 Å². The normalized spacial score (nSPS) is 19.9. The minimum atomic E-state index is -0.901. The van der Waals surface area contributed by atoms with Crippen LogP contribution in [0.15, 0.2) is 35.5 Å². The third-order valence-electron chi connectivity index (χ3n) is 4.20. The Kier molecular flexibility index (Phi) is 5.64. The summed E-state index contributed by atoms with van der Waals surface area (Å²) in [6.07, 6.45) is 1.77. The van der Waals surface area contributed by atoms with Gasteiger partial charge in [0.15, 0.2) is 0 Å². The first-order valence-corrected chi connectivity index (χ1v) is 8.88. The van der Waals surface area contributed by atoms with Crippen molar-refractivity contribution in [3.63, 3.8) is 0 Å². The van der Waals surface area contributed by atoms with Crippen LogP contribution in [0.4, 0.5) is 10.1 Å². The number of pyridine rings is 1. The lowest BCUT2D eigenvalue weighted by Gasteiger charge is -2.25. The summed E-state index contributed by atoms with van der Waals surface area (Å²) < 4.78 is 19.9. The number of halogens is 3. The fourth-order valence-electron chi connectivity index (χ4n) is 2.84. The highest BCUT2D eigenvalue weighted by Crippen LogP contribution is 2.34. The average Bonchev–Trinajstić information content (AvgIpc) is 2.77. The Bertz CT molecular complexity index is 922. The molecule has 0 bridgehead atoms. The topological polar surface area (TPSA) is 89.6 Å². The highest BCUT2D eigenvalue weighted by molar-refractivity contribution is 6.36. The first-order valence-electron chi connectivity index (χ1n) is 8.13. The summed E-state index contributed by atoms with van der Waals surface area (Å²) in [5.41, 5.74) is 5.62. The lowest BCUT2D eigenvalue weighted by molar-refractivity contribution is 0.102. The van der Waals surface area contributed by atoms with E-state index in [2.05, 4.69) is 15.3 Å². The van der Waals surface area contributed by atoms with Gasteiger partial charge in [-0.1, -0.05) is 23.2 Å². The Labute approximate surface area is 165 Å². The predicted octanol–water partition coefficient (Wildman–Crippen LogP) is 3.77. The molecular weight excluding hydrogens is 394 g/mol. The molecule has 0 radical (unpaired) electrons. The smallest absolute Gasteiger partial charge is 0.275 e. The van der Waals surface area contributed by atoms with Gasteiger partial charge in [0.1, 0.15) is 24.0 Å². The van der Waals surface area contributed by atoms with Crippen molar-refractivity contribution >= 4 is 40.6 Å². The van der Waals surface area contributed by atoms with Gasteiger partial charge in [0, 0.05) is 24.1 Å². The van der Waals surface area contributed by atoms with Gasteiger partial charge in [0.05, 0.1) is 15.6 Å². The number of nitrogens with one attached hydrogen (secondary N) is 1. The van der Waals surface area contributed by atoms with E-state index in [1.165, 1.54) is 30.5 Å². The van der Waals surface area contributed by atoms with E-state index in [0.29, 0.717) is 35.1 Å². The minimum absolute atomic E-state index is 0.0169. The number of amides is 1. The van der Waals surface area contributed by atoms with E-state index in [-0.39, 0.29) is 17.3 Å². The Morgan fingerprint density at radius 3 is 2.89 bits per heavy atom. The van der Waals surface area contributed by atoms with Crippen LogP contribution in [0.25, 0.3) is 0 Å². The largest absolute Gasteiger partial charge is 0.386 e. The number of carbonyl (C=O) groups is 1. The molecule has 0 aliphatic carbocycles. The number of carbonyl (C=O) groups excluding carboxylic acids is 1. The molecule has 0 spiro atoms. The second kappa shape index (κ2) is 7.80. The summed E-state index contributed by atoms with van der Waals surface area (Å²) in [6, 6.07) is 5.67. The van der Waals surface area contributed by atoms with E-state index in [1.807, 2.05) is 0 Å². The van der Waals surface area contributed by atoms with Crippen LogP contribution in [0.1, 0.15) is 29.4 Å². The predicted molar refractivity (Wildman–Crippen MR) is 103 cm³/mol. The number of amidine groups is 1. The van der Waals surface area contributed by atoms with Crippen molar-refractivity contribution in [3.05, 3.63) is 57.6 Å². The third kappa shape index (κ3) is 4.37. The fraction of sp³-hybridized carbons (Fsp3) is 0.278. The standard InChI is InChI=1S/C18H17Cl2FN4O2/c1-18(4-5-27-9-15(22)25-18)12-7-11(2-3-14(12)21)24-17(26)16-13(20)6-10(19)8-23-16/h2-3,6-8H,4-5,9H2,1H3,(H2,22,25)(H,24,26). The van der Waals surface area contributed by atoms with Gasteiger partial charge in [-0.2, -0.15) is 0 Å². The van der Waals surface area contributed by atoms with Gasteiger partial charge in [-0.25, -0.2) is 9.37 Å². The van der Waals surface area contributed by atoms with E-state index >= 15 is 0 Å². The Hall–Kier alpha value is -2.22. The number of nitrogens with zero attached hydrogens (tertiary/aromatic N) is 2. The number of aromatic nitrogens is 1. The molecule has 1 amide bonds. The molecular formula is C18H17Cl2FN4O2. The molecule has 1 unspecified atom stereocenters. The molecule has 27 heavy (non-hydrogen) atoms. The highest BCUT2D eigenvalue weighted by Gasteiger charge is 2.31. The lowest BCUT2D eigenvalue weighted by atomic mass is 9.88. The van der Waals surface area contributed by atoms with Gasteiger partial charge in [-0.3, -0.25) is 9.79 Å². The molecule has 3 N–H and O–H groups in total. The monoisotopic (exact) mass is 410 g/mol. The van der Waals surface area contributed by atoms with Crippen LogP contribution in [-0.2, 0) is 10.3 Å². The average molecular weight is 411 g/mol. The van der Waals surface area contributed by atoms with E-state index in [9.17, 15) is 9.18 Å². The molecule has 1 atom stereocenters. The SMILES string of the molecule is CC1(c2cc(NC(=O)c3ncc(Cl)cc3Cl)ccc2F)CCOCC(N)=N1. The van der Waals surface area contributed by atoms with E-state index in [1.54, 1.807) is 6.92 Å². The zero-order valence-electron chi connectivity index (χ0n) is 14.4. The van der Waals surface area contributed by atoms with Gasteiger partial charge >= 0.3 is 0 Å². The van der Waals surface area contributed by atoms with Gasteiger partial charge < -0.3 is 15.8 Å². The second-order valence-electron chi connectivity index (χ2n) is 6.31. The molecule has 1 aromatic heterocycles. The van der Waals surface area contributed by atoms with Crippen molar-refractivity contribution in [3.8, 4) is 0 Å². The molecule has 2 aromatic rings. The number of ether oxygens (including phenoxy) is 1. The Balaban J connectivity index is 1.91. The Morgan fingerprint density at radius 2 is 2.15 bits per heavy atom. The number of hydrogen-bond donors (Lipinski definition) is 2. The van der Waals surface area contributed by atoms with Gasteiger partial charge in [-0.15, -0.1) is 0 Å². The van der Waals surface area contributed by atoms with Crippen molar-refractivity contribution in [2.75, 3.05) is 18.5 Å².